The third kappa shape index (κ3) is 6.27. The van der Waals surface area contributed by atoms with Crippen molar-refractivity contribution < 1.29 is 4.79 Å². The molecule has 8 heteroatoms. The van der Waals surface area contributed by atoms with Gasteiger partial charge in [-0.15, -0.1) is 0 Å². The molecule has 1 amide bonds. The maximum Gasteiger partial charge on any atom is 0.251 e. The summed E-state index contributed by atoms with van der Waals surface area (Å²) >= 11 is 1.63. The van der Waals surface area contributed by atoms with Crippen LogP contribution in [0.15, 0.2) is 29.3 Å². The van der Waals surface area contributed by atoms with Gasteiger partial charge in [0.15, 0.2) is 0 Å². The van der Waals surface area contributed by atoms with Crippen LogP contribution in [0.25, 0.3) is 10.6 Å². The first-order valence-electron chi connectivity index (χ1n) is 12.0. The highest BCUT2D eigenvalue weighted by atomic mass is 32.1. The van der Waals surface area contributed by atoms with Crippen molar-refractivity contribution in [2.45, 2.75) is 44.6 Å². The van der Waals surface area contributed by atoms with E-state index in [2.05, 4.69) is 27.3 Å². The molecule has 2 fully saturated rings. The Kier molecular flexibility index (Phi) is 8.10. The van der Waals surface area contributed by atoms with Gasteiger partial charge in [-0.2, -0.15) is 5.10 Å². The Bertz CT molecular complexity index is 936. The second-order valence-electron chi connectivity index (χ2n) is 9.07. The van der Waals surface area contributed by atoms with Gasteiger partial charge in [0.25, 0.3) is 5.91 Å². The van der Waals surface area contributed by atoms with E-state index in [0.717, 1.165) is 54.5 Å². The van der Waals surface area contributed by atoms with Crippen LogP contribution in [0, 0.1) is 0 Å². The van der Waals surface area contributed by atoms with E-state index >= 15 is 0 Å². The quantitative estimate of drug-likeness (QED) is 0.651. The number of aryl methyl sites for hydroxylation is 1. The molecule has 0 atom stereocenters. The number of piperazine rings is 1. The maximum absolute atomic E-state index is 12.5. The molecule has 32 heavy (non-hydrogen) atoms. The predicted octanol–water partition coefficient (Wildman–Crippen LogP) is 2.75. The number of nitrogens with one attached hydrogen (secondary N) is 1. The van der Waals surface area contributed by atoms with Crippen molar-refractivity contribution in [2.24, 2.45) is 12.0 Å². The molecular formula is C24H36N6OS. The molecule has 2 aliphatic rings. The first-order valence-corrected chi connectivity index (χ1v) is 12.8. The van der Waals surface area contributed by atoms with Crippen LogP contribution in [0.3, 0.4) is 0 Å². The Morgan fingerprint density at radius 1 is 1.09 bits per heavy atom. The van der Waals surface area contributed by atoms with Crippen LogP contribution in [0.4, 0.5) is 0 Å². The molecule has 2 heterocycles. The van der Waals surface area contributed by atoms with E-state index in [0.29, 0.717) is 18.2 Å². The fourth-order valence-corrected chi connectivity index (χ4v) is 5.35. The molecule has 1 saturated heterocycles. The smallest absolute Gasteiger partial charge is 0.251 e. The van der Waals surface area contributed by atoms with Crippen molar-refractivity contribution in [3.8, 4) is 10.6 Å². The molecular weight excluding hydrogens is 420 g/mol. The van der Waals surface area contributed by atoms with Crippen molar-refractivity contribution in [1.29, 1.82) is 0 Å². The fraction of sp³-hybridized carbons (Fsp3) is 0.625. The topological polar surface area (TPSA) is 65.8 Å². The minimum absolute atomic E-state index is 0.00684. The average Bonchev–Trinajstić information content (AvgIpc) is 3.18. The minimum Gasteiger partial charge on any atom is -0.352 e. The molecule has 7 nitrogen and oxygen atoms in total. The number of carbonyl (C=O) groups is 1. The van der Waals surface area contributed by atoms with E-state index in [9.17, 15) is 4.79 Å². The molecule has 174 valence electrons. The summed E-state index contributed by atoms with van der Waals surface area (Å²) in [6, 6.07) is 8.20. The van der Waals surface area contributed by atoms with Gasteiger partial charge in [0.05, 0.1) is 6.04 Å². The highest BCUT2D eigenvalue weighted by molar-refractivity contribution is 7.12. The largest absolute Gasteiger partial charge is 0.352 e. The van der Waals surface area contributed by atoms with Crippen LogP contribution in [0.5, 0.6) is 0 Å². The summed E-state index contributed by atoms with van der Waals surface area (Å²) in [4.78, 5) is 23.3. The summed E-state index contributed by atoms with van der Waals surface area (Å²) in [5, 5.41) is 8.67. The molecule has 0 spiro atoms. The number of nitrogens with zero attached hydrogens (tertiary/aromatic N) is 5. The van der Waals surface area contributed by atoms with Crippen LogP contribution in [-0.4, -0.2) is 77.8 Å². The van der Waals surface area contributed by atoms with Crippen LogP contribution >= 0.6 is 11.3 Å². The Labute approximate surface area is 195 Å². The molecule has 1 aliphatic heterocycles. The lowest BCUT2D eigenvalue weighted by atomic mass is 9.96. The minimum atomic E-state index is -0.00684. The van der Waals surface area contributed by atoms with Crippen molar-refractivity contribution in [3.63, 3.8) is 0 Å². The molecule has 1 aromatic heterocycles. The fourth-order valence-electron chi connectivity index (χ4n) is 4.39. The summed E-state index contributed by atoms with van der Waals surface area (Å²) < 4.78 is 1.88. The summed E-state index contributed by atoms with van der Waals surface area (Å²) in [5.41, 5.74) is 1.73. The number of benzene rings is 1. The van der Waals surface area contributed by atoms with Gasteiger partial charge in [-0.05, 0) is 45.0 Å². The Hall–Kier alpha value is -2.03. The van der Waals surface area contributed by atoms with Crippen molar-refractivity contribution in [1.82, 2.24) is 24.9 Å². The van der Waals surface area contributed by atoms with Crippen LogP contribution in [0.1, 0.15) is 48.9 Å². The van der Waals surface area contributed by atoms with E-state index in [-0.39, 0.29) is 5.91 Å². The van der Waals surface area contributed by atoms with Gasteiger partial charge in [0.1, 0.15) is 5.01 Å². The van der Waals surface area contributed by atoms with Crippen LogP contribution < -0.4 is 10.1 Å². The highest BCUT2D eigenvalue weighted by Crippen LogP contribution is 2.22. The van der Waals surface area contributed by atoms with Crippen LogP contribution in [-0.2, 0) is 7.05 Å². The van der Waals surface area contributed by atoms with E-state index in [1.807, 2.05) is 36.0 Å². The number of likely N-dealkylation sites (N-methyl/N-ethyl adjacent to an activating group) is 1. The van der Waals surface area contributed by atoms with Gasteiger partial charge in [0.2, 0.25) is 4.80 Å². The molecule has 4 rings (SSSR count). The highest BCUT2D eigenvalue weighted by Gasteiger charge is 2.15. The number of amides is 1. The van der Waals surface area contributed by atoms with Gasteiger partial charge in [0, 0.05) is 50.9 Å². The van der Waals surface area contributed by atoms with Crippen molar-refractivity contribution in [2.75, 3.05) is 46.3 Å². The van der Waals surface area contributed by atoms with Crippen molar-refractivity contribution >= 4 is 17.2 Å². The third-order valence-electron chi connectivity index (χ3n) is 6.50. The summed E-state index contributed by atoms with van der Waals surface area (Å²) in [5.74, 6) is -0.00684. The summed E-state index contributed by atoms with van der Waals surface area (Å²) in [7, 11) is 4.13. The van der Waals surface area contributed by atoms with E-state index in [1.165, 1.54) is 32.1 Å². The molecule has 1 saturated carbocycles. The Morgan fingerprint density at radius 3 is 2.53 bits per heavy atom. The summed E-state index contributed by atoms with van der Waals surface area (Å²) in [6.07, 6.45) is 7.25. The van der Waals surface area contributed by atoms with Gasteiger partial charge >= 0.3 is 0 Å². The lowest BCUT2D eigenvalue weighted by Gasteiger charge is -2.32. The standard InChI is InChI=1S/C24H36N6OS/c1-28-15-17-30(18-16-28)14-6-13-25-22(31)19-9-11-20(12-10-19)23-27-29(2)24(32-23)26-21-7-4-3-5-8-21/h9-12,21H,3-8,13-18H2,1-2H3,(H,25,31). The zero-order valence-electron chi connectivity index (χ0n) is 19.4. The molecule has 1 aromatic carbocycles. The van der Waals surface area contributed by atoms with Gasteiger partial charge < -0.3 is 15.1 Å². The SMILES string of the molecule is CN1CCN(CCCNC(=O)c2ccc(-c3nn(C)c(=NC4CCCCC4)s3)cc2)CC1. The zero-order valence-corrected chi connectivity index (χ0v) is 20.2. The second kappa shape index (κ2) is 11.2. The van der Waals surface area contributed by atoms with E-state index in [1.54, 1.807) is 11.3 Å². The normalized spacial score (nSPS) is 19.4. The number of hydrogen-bond donors (Lipinski definition) is 1. The monoisotopic (exact) mass is 456 g/mol. The van der Waals surface area contributed by atoms with Gasteiger partial charge in [-0.1, -0.05) is 42.7 Å². The Morgan fingerprint density at radius 2 is 1.81 bits per heavy atom. The summed E-state index contributed by atoms with van der Waals surface area (Å²) in [6.45, 7) is 6.26. The number of hydrogen-bond acceptors (Lipinski definition) is 6. The molecule has 1 aliphatic carbocycles. The zero-order chi connectivity index (χ0) is 22.3. The van der Waals surface area contributed by atoms with Gasteiger partial charge in [-0.3, -0.25) is 9.79 Å². The Balaban J connectivity index is 1.28. The van der Waals surface area contributed by atoms with E-state index in [4.69, 9.17) is 4.99 Å². The van der Waals surface area contributed by atoms with Gasteiger partial charge in [-0.25, -0.2) is 4.68 Å². The predicted molar refractivity (Wildman–Crippen MR) is 130 cm³/mol. The first-order chi connectivity index (χ1) is 15.6. The second-order valence-corrected chi connectivity index (χ2v) is 10.0. The number of rotatable bonds is 7. The van der Waals surface area contributed by atoms with E-state index < -0.39 is 0 Å². The molecule has 2 aromatic rings. The van der Waals surface area contributed by atoms with Crippen molar-refractivity contribution in [3.05, 3.63) is 34.6 Å². The maximum atomic E-state index is 12.5. The third-order valence-corrected chi connectivity index (χ3v) is 7.56. The average molecular weight is 457 g/mol. The number of carbonyl (C=O) groups excluding carboxylic acids is 1. The first kappa shape index (κ1) is 23.1. The van der Waals surface area contributed by atoms with Crippen LogP contribution in [0.2, 0.25) is 0 Å². The molecule has 1 N–H and O–H groups in total. The lowest BCUT2D eigenvalue weighted by molar-refractivity contribution is 0.0949. The molecule has 0 unspecified atom stereocenters. The molecule has 0 bridgehead atoms. The molecule has 0 radical (unpaired) electrons. The lowest BCUT2D eigenvalue weighted by Crippen LogP contribution is -2.45. The number of aromatic nitrogens is 2.